The number of para-hydroxylation sites is 2. The highest BCUT2D eigenvalue weighted by Gasteiger charge is 2.27. The summed E-state index contributed by atoms with van der Waals surface area (Å²) in [7, 11) is 0. The third kappa shape index (κ3) is 7.60. The molecule has 0 aliphatic rings. The van der Waals surface area contributed by atoms with Crippen molar-refractivity contribution in [3.63, 3.8) is 0 Å². The molecule has 0 atom stereocenters. The number of aromatic hydroxyl groups is 1. The molecule has 0 saturated carbocycles. The van der Waals surface area contributed by atoms with Crippen molar-refractivity contribution in [2.75, 3.05) is 0 Å². The molecule has 0 fully saturated rings. The predicted molar refractivity (Wildman–Crippen MR) is 249 cm³/mol. The first-order chi connectivity index (χ1) is 29.2. The molecule has 2 heterocycles. The number of aryl methyl sites for hydroxylation is 1. The molecule has 2 aromatic heterocycles. The Morgan fingerprint density at radius 2 is 1.15 bits per heavy atom. The smallest absolute Gasteiger partial charge is 0.149 e. The van der Waals surface area contributed by atoms with E-state index in [1.165, 1.54) is 11.8 Å². The maximum atomic E-state index is 12.2. The van der Waals surface area contributed by atoms with Gasteiger partial charge < -0.3 is 5.11 Å². The lowest BCUT2D eigenvalue weighted by atomic mass is 9.83. The Morgan fingerprint density at radius 3 is 1.80 bits per heavy atom. The molecule has 4 nitrogen and oxygen atoms in total. The second-order valence-corrected chi connectivity index (χ2v) is 18.8. The lowest BCUT2D eigenvalue weighted by molar-refractivity contribution is 0.448. The minimum absolute atomic E-state index is 0.0893. The summed E-state index contributed by atoms with van der Waals surface area (Å²) in [5.74, 6) is 0.849. The Hall–Kier alpha value is -6.26. The fraction of sp³-hybridized carbons (Fsp3) is 0.236. The zero-order chi connectivity index (χ0) is 44.4. The van der Waals surface area contributed by atoms with Crippen molar-refractivity contribution in [1.82, 2.24) is 14.5 Å². The quantitative estimate of drug-likeness (QED) is 0.183. The van der Waals surface area contributed by atoms with Gasteiger partial charge >= 0.3 is 0 Å². The third-order valence-electron chi connectivity index (χ3n) is 11.4. The fourth-order valence-electron chi connectivity index (χ4n) is 7.97. The van der Waals surface area contributed by atoms with E-state index in [9.17, 15) is 5.11 Å². The maximum Gasteiger partial charge on any atom is 0.149 e. The molecule has 8 rings (SSSR count). The van der Waals surface area contributed by atoms with Crippen molar-refractivity contribution < 1.29 is 9.22 Å². The lowest BCUT2D eigenvalue weighted by Gasteiger charge is -2.24. The molecule has 0 amide bonds. The van der Waals surface area contributed by atoms with E-state index >= 15 is 0 Å². The zero-order valence-electron chi connectivity index (χ0n) is 38.6. The number of phenolic OH excluding ortho intramolecular Hbond substituents is 1. The Balaban J connectivity index is 1.43. The first-order valence-electron chi connectivity index (χ1n) is 22.0. The number of fused-ring (bicyclic) bond motifs is 1. The molecule has 0 aliphatic heterocycles. The van der Waals surface area contributed by atoms with Gasteiger partial charge in [0.05, 0.1) is 28.0 Å². The minimum atomic E-state index is -2.34. The van der Waals surface area contributed by atoms with Crippen LogP contribution in [0, 0.1) is 6.85 Å². The second kappa shape index (κ2) is 14.8. The third-order valence-corrected chi connectivity index (χ3v) is 11.4. The average Bonchev–Trinajstić information content (AvgIpc) is 3.62. The van der Waals surface area contributed by atoms with Gasteiger partial charge in [-0.3, -0.25) is 9.55 Å². The molecular formula is C55H55N3O. The van der Waals surface area contributed by atoms with Crippen LogP contribution in [0.5, 0.6) is 5.75 Å². The topological polar surface area (TPSA) is 50.9 Å². The summed E-state index contributed by atoms with van der Waals surface area (Å²) in [4.78, 5) is 10.3. The van der Waals surface area contributed by atoms with Crippen LogP contribution >= 0.6 is 0 Å². The number of pyridine rings is 1. The van der Waals surface area contributed by atoms with E-state index in [1.54, 1.807) is 0 Å². The van der Waals surface area contributed by atoms with Crippen LogP contribution in [0.1, 0.15) is 88.7 Å². The molecule has 0 aliphatic carbocycles. The van der Waals surface area contributed by atoms with Crippen LogP contribution in [-0.2, 0) is 16.2 Å². The highest BCUT2D eigenvalue weighted by atomic mass is 16.3. The number of hydrogen-bond donors (Lipinski definition) is 1. The number of benzene rings is 6. The largest absolute Gasteiger partial charge is 0.507 e. The SMILES string of the molecule is [2H]C([2H])([2H])c1cnc(-c2cc(-c3cccc4c3nc(-c3cccc(C(C)(C)C)c3O)n4-c3ccc(C(C)(C)C)cc3-c3ccccc3)cc(C(C)(C)C)c2)cc1-c1ccccc1. The number of nitrogens with zero attached hydrogens (tertiary/aromatic N) is 3. The molecule has 0 radical (unpaired) electrons. The Labute approximate surface area is 354 Å². The summed E-state index contributed by atoms with van der Waals surface area (Å²) in [6.45, 7) is 17.3. The van der Waals surface area contributed by atoms with Crippen LogP contribution in [0.4, 0.5) is 0 Å². The minimum Gasteiger partial charge on any atom is -0.507 e. The normalized spacial score (nSPS) is 13.3. The van der Waals surface area contributed by atoms with Gasteiger partial charge in [-0.1, -0.05) is 159 Å². The molecular weight excluding hydrogens is 719 g/mol. The molecule has 0 spiro atoms. The van der Waals surface area contributed by atoms with Crippen LogP contribution in [0.2, 0.25) is 0 Å². The highest BCUT2D eigenvalue weighted by Crippen LogP contribution is 2.44. The highest BCUT2D eigenvalue weighted by molar-refractivity contribution is 5.98. The van der Waals surface area contributed by atoms with E-state index in [0.29, 0.717) is 22.6 Å². The van der Waals surface area contributed by atoms with Crippen LogP contribution in [0.3, 0.4) is 0 Å². The zero-order valence-corrected chi connectivity index (χ0v) is 35.6. The average molecular weight is 777 g/mol. The molecule has 6 aromatic carbocycles. The first kappa shape index (κ1) is 35.9. The summed E-state index contributed by atoms with van der Waals surface area (Å²) in [5.41, 5.74) is 13.1. The van der Waals surface area contributed by atoms with Crippen LogP contribution in [-0.4, -0.2) is 19.6 Å². The van der Waals surface area contributed by atoms with Crippen molar-refractivity contribution in [3.05, 3.63) is 168 Å². The fourth-order valence-corrected chi connectivity index (χ4v) is 7.97. The van der Waals surface area contributed by atoms with Gasteiger partial charge in [-0.15, -0.1) is 0 Å². The molecule has 296 valence electrons. The molecule has 0 saturated heterocycles. The maximum absolute atomic E-state index is 12.2. The number of imidazole rings is 1. The van der Waals surface area contributed by atoms with Gasteiger partial charge in [0.1, 0.15) is 11.6 Å². The standard InChI is InChI=1S/C55H55N3O/c1-35-34-56-47(33-44(35)36-19-13-11-14-20-36)39-29-38(30-41(31-39)54(5,6)7)42-23-18-26-49-50(42)57-52(43-24-17-25-46(51(43)59)55(8,9)10)58(49)48-28-27-40(53(2,3)4)32-45(48)37-21-15-12-16-22-37/h11-34,59H,1-10H3/i1D3. The van der Waals surface area contributed by atoms with Gasteiger partial charge in [0.25, 0.3) is 0 Å². The summed E-state index contributed by atoms with van der Waals surface area (Å²) < 4.78 is 27.2. The van der Waals surface area contributed by atoms with Crippen molar-refractivity contribution in [2.24, 2.45) is 0 Å². The van der Waals surface area contributed by atoms with Crippen LogP contribution < -0.4 is 0 Å². The number of phenols is 1. The van der Waals surface area contributed by atoms with Crippen molar-refractivity contribution in [2.45, 2.75) is 85.4 Å². The van der Waals surface area contributed by atoms with Gasteiger partial charge in [0, 0.05) is 27.0 Å². The molecule has 8 aromatic rings. The Morgan fingerprint density at radius 1 is 0.525 bits per heavy atom. The van der Waals surface area contributed by atoms with E-state index in [2.05, 4.69) is 146 Å². The Bertz CT molecular complexity index is 2940. The number of hydrogen-bond acceptors (Lipinski definition) is 3. The lowest BCUT2D eigenvalue weighted by Crippen LogP contribution is -2.12. The molecule has 0 unspecified atom stereocenters. The molecule has 4 heteroatoms. The van der Waals surface area contributed by atoms with Crippen molar-refractivity contribution in [3.8, 4) is 67.5 Å². The van der Waals surface area contributed by atoms with Gasteiger partial charge in [0.2, 0.25) is 0 Å². The monoisotopic (exact) mass is 776 g/mol. The van der Waals surface area contributed by atoms with Gasteiger partial charge in [-0.05, 0) is 110 Å². The summed E-state index contributed by atoms with van der Waals surface area (Å²) in [6.07, 6.45) is 1.51. The van der Waals surface area contributed by atoms with Crippen molar-refractivity contribution >= 4 is 11.0 Å². The summed E-state index contributed by atoms with van der Waals surface area (Å²) in [5, 5.41) is 12.2. The number of rotatable bonds is 6. The van der Waals surface area contributed by atoms with Crippen LogP contribution in [0.25, 0.3) is 72.7 Å². The predicted octanol–water partition coefficient (Wildman–Crippen LogP) is 14.7. The summed E-state index contributed by atoms with van der Waals surface area (Å²) in [6, 6.07) is 47.5. The second-order valence-electron chi connectivity index (χ2n) is 18.8. The van der Waals surface area contributed by atoms with Gasteiger partial charge in [-0.2, -0.15) is 0 Å². The molecule has 1 N–H and O–H groups in total. The van der Waals surface area contributed by atoms with E-state index in [1.807, 2.05) is 60.7 Å². The van der Waals surface area contributed by atoms with Crippen molar-refractivity contribution in [1.29, 1.82) is 0 Å². The van der Waals surface area contributed by atoms with E-state index in [4.69, 9.17) is 14.1 Å². The first-order valence-corrected chi connectivity index (χ1v) is 20.5. The summed E-state index contributed by atoms with van der Waals surface area (Å²) >= 11 is 0. The van der Waals surface area contributed by atoms with E-state index < -0.39 is 6.85 Å². The van der Waals surface area contributed by atoms with Gasteiger partial charge in [0.15, 0.2) is 0 Å². The van der Waals surface area contributed by atoms with E-state index in [-0.39, 0.29) is 27.6 Å². The van der Waals surface area contributed by atoms with Crippen LogP contribution in [0.15, 0.2) is 146 Å². The Kier molecular flexibility index (Phi) is 9.02. The van der Waals surface area contributed by atoms with Gasteiger partial charge in [-0.25, -0.2) is 4.98 Å². The number of aromatic nitrogens is 3. The molecule has 0 bridgehead atoms. The molecule has 59 heavy (non-hydrogen) atoms. The van der Waals surface area contributed by atoms with E-state index in [0.717, 1.165) is 61.2 Å².